The second-order valence-corrected chi connectivity index (χ2v) is 4.52. The van der Waals surface area contributed by atoms with Crippen LogP contribution in [0.25, 0.3) is 0 Å². The van der Waals surface area contributed by atoms with E-state index in [1.54, 1.807) is 0 Å². The molecule has 0 bridgehead atoms. The van der Waals surface area contributed by atoms with Gasteiger partial charge in [-0.2, -0.15) is 0 Å². The van der Waals surface area contributed by atoms with Crippen LogP contribution in [0.5, 0.6) is 0 Å². The number of hydrogen-bond acceptors (Lipinski definition) is 2. The molecule has 0 spiro atoms. The molecule has 2 aromatic carbocycles. The van der Waals surface area contributed by atoms with Crippen molar-refractivity contribution in [1.82, 2.24) is 0 Å². The van der Waals surface area contributed by atoms with Crippen molar-refractivity contribution in [2.45, 2.75) is 0 Å². The predicted octanol–water partition coefficient (Wildman–Crippen LogP) is -2.24. The third-order valence-electron chi connectivity index (χ3n) is 2.11. The molecule has 0 saturated heterocycles. The van der Waals surface area contributed by atoms with Crippen molar-refractivity contribution >= 4 is 31.8 Å². The fourth-order valence-corrected chi connectivity index (χ4v) is 1.39. The number of rotatable bonds is 2. The minimum atomic E-state index is -3.54. The molecule has 0 fully saturated rings. The van der Waals surface area contributed by atoms with Gasteiger partial charge < -0.3 is 5.48 Å². The summed E-state index contributed by atoms with van der Waals surface area (Å²) in [7, 11) is 0. The van der Waals surface area contributed by atoms with Gasteiger partial charge in [-0.3, -0.25) is 5.73 Å². The van der Waals surface area contributed by atoms with Gasteiger partial charge in [0.1, 0.15) is 0 Å². The fraction of sp³-hybridized carbons (Fsp3) is 0. The second-order valence-electron chi connectivity index (χ2n) is 3.61. The summed E-state index contributed by atoms with van der Waals surface area (Å²) in [5.74, 6) is 0.511. The number of guanidine groups is 1. The molecule has 1 atom stereocenters. The van der Waals surface area contributed by atoms with Crippen molar-refractivity contribution in [1.29, 1.82) is 0 Å². The van der Waals surface area contributed by atoms with Crippen LogP contribution in [0.1, 0.15) is 0 Å². The normalized spacial score (nSPS) is 11.4. The molecule has 0 aliphatic carbocycles. The SMILES string of the molecule is NC(Nc1ccccc1)=[NH+]c1ccccc1.O.O=[Se]([O-])O. The molecular formula is C13H17N3O4Se. The van der Waals surface area contributed by atoms with E-state index in [0.29, 0.717) is 5.96 Å². The van der Waals surface area contributed by atoms with Crippen molar-refractivity contribution in [3.05, 3.63) is 60.7 Å². The summed E-state index contributed by atoms with van der Waals surface area (Å²) in [5, 5.41) is 3.07. The second kappa shape index (κ2) is 10.7. The molecule has 2 rings (SSSR count). The molecule has 7 nitrogen and oxygen atoms in total. The van der Waals surface area contributed by atoms with Crippen molar-refractivity contribution in [3.8, 4) is 0 Å². The maximum atomic E-state index is 8.65. The standard InChI is InChI=1S/C13H13N3.H2O3Se.H2O/c14-13(15-11-7-3-1-4-8-11)16-12-9-5-2-6-10-12;1-4(2)3;/h1-10H,(H3,14,15,16);(H2,1,2,3);1H2. The van der Waals surface area contributed by atoms with E-state index in [-0.39, 0.29) is 5.48 Å². The molecule has 0 saturated carbocycles. The van der Waals surface area contributed by atoms with E-state index < -0.39 is 14.5 Å². The Hall–Kier alpha value is -2.09. The van der Waals surface area contributed by atoms with Crippen molar-refractivity contribution in [2.75, 3.05) is 5.32 Å². The zero-order chi connectivity index (χ0) is 14.8. The van der Waals surface area contributed by atoms with Crippen LogP contribution in [0.3, 0.4) is 0 Å². The zero-order valence-electron chi connectivity index (χ0n) is 11.0. The van der Waals surface area contributed by atoms with Gasteiger partial charge in [-0.25, -0.2) is 10.3 Å². The first-order valence-corrected chi connectivity index (χ1v) is 7.79. The van der Waals surface area contributed by atoms with Crippen LogP contribution in [0.2, 0.25) is 0 Å². The molecule has 8 heteroatoms. The third-order valence-corrected chi connectivity index (χ3v) is 2.11. The van der Waals surface area contributed by atoms with Crippen LogP contribution in [-0.2, 0) is 3.83 Å². The summed E-state index contributed by atoms with van der Waals surface area (Å²) in [6.45, 7) is 0. The van der Waals surface area contributed by atoms with E-state index in [0.717, 1.165) is 11.4 Å². The van der Waals surface area contributed by atoms with Crippen LogP contribution in [0.4, 0.5) is 11.4 Å². The first kappa shape index (κ1) is 18.9. The maximum absolute atomic E-state index is 8.65. The van der Waals surface area contributed by atoms with Crippen LogP contribution < -0.4 is 20.2 Å². The van der Waals surface area contributed by atoms with E-state index in [9.17, 15) is 0 Å². The van der Waals surface area contributed by atoms with Gasteiger partial charge >= 0.3 is 32.7 Å². The molecule has 0 aliphatic heterocycles. The van der Waals surface area contributed by atoms with E-state index >= 15 is 0 Å². The van der Waals surface area contributed by atoms with Crippen LogP contribution in [-0.4, -0.2) is 30.1 Å². The monoisotopic (exact) mass is 359 g/mol. The quantitative estimate of drug-likeness (QED) is 0.272. The average Bonchev–Trinajstić information content (AvgIpc) is 2.40. The summed E-state index contributed by atoms with van der Waals surface area (Å²) in [6, 6.07) is 19.6. The summed E-state index contributed by atoms with van der Waals surface area (Å²) >= 11 is -3.54. The van der Waals surface area contributed by atoms with Crippen molar-refractivity contribution < 1.29 is 22.7 Å². The minimum absolute atomic E-state index is 0. The van der Waals surface area contributed by atoms with E-state index in [1.807, 2.05) is 60.7 Å². The summed E-state index contributed by atoms with van der Waals surface area (Å²) in [5.41, 5.74) is 7.76. The molecule has 0 aromatic heterocycles. The van der Waals surface area contributed by atoms with Crippen LogP contribution in [0.15, 0.2) is 60.7 Å². The first-order chi connectivity index (χ1) is 9.58. The molecule has 2 aromatic rings. The molecule has 114 valence electrons. The number of hydrogen-bond donors (Lipinski definition) is 4. The van der Waals surface area contributed by atoms with E-state index in [2.05, 4.69) is 10.3 Å². The molecular weight excluding hydrogens is 341 g/mol. The van der Waals surface area contributed by atoms with Crippen LogP contribution in [0, 0.1) is 0 Å². The predicted molar refractivity (Wildman–Crippen MR) is 78.6 cm³/mol. The number of nitrogens with two attached hydrogens (primary N) is 1. The fourth-order valence-electron chi connectivity index (χ4n) is 1.39. The van der Waals surface area contributed by atoms with Gasteiger partial charge in [0.05, 0.1) is 11.4 Å². The summed E-state index contributed by atoms with van der Waals surface area (Å²) < 4.78 is 24.4. The molecule has 0 radical (unpaired) electrons. The van der Waals surface area contributed by atoms with Crippen molar-refractivity contribution in [3.63, 3.8) is 0 Å². The average molecular weight is 358 g/mol. The molecule has 1 unspecified atom stereocenters. The van der Waals surface area contributed by atoms with Crippen LogP contribution >= 0.6 is 0 Å². The Labute approximate surface area is 126 Å². The van der Waals surface area contributed by atoms with Gasteiger partial charge in [-0.05, 0) is 24.3 Å². The molecule has 21 heavy (non-hydrogen) atoms. The van der Waals surface area contributed by atoms with Gasteiger partial charge in [-0.1, -0.05) is 36.4 Å². The number of para-hydroxylation sites is 2. The van der Waals surface area contributed by atoms with E-state index in [4.69, 9.17) is 17.9 Å². The van der Waals surface area contributed by atoms with Gasteiger partial charge in [-0.15, -0.1) is 0 Å². The number of nitrogens with one attached hydrogen (secondary N) is 2. The first-order valence-electron chi connectivity index (χ1n) is 5.63. The molecule has 0 aliphatic rings. The molecule has 0 amide bonds. The van der Waals surface area contributed by atoms with Gasteiger partial charge in [0.2, 0.25) is 0 Å². The zero-order valence-corrected chi connectivity index (χ0v) is 12.7. The van der Waals surface area contributed by atoms with Crippen molar-refractivity contribution in [2.24, 2.45) is 5.73 Å². The summed E-state index contributed by atoms with van der Waals surface area (Å²) in [6.07, 6.45) is 0. The van der Waals surface area contributed by atoms with Gasteiger partial charge in [0.15, 0.2) is 0 Å². The number of benzene rings is 2. The van der Waals surface area contributed by atoms with Gasteiger partial charge in [0.25, 0.3) is 0 Å². The molecule has 7 N–H and O–H groups in total. The number of anilines is 1. The van der Waals surface area contributed by atoms with E-state index in [1.165, 1.54) is 0 Å². The Kier molecular flexibility index (Phi) is 9.61. The topological polar surface area (TPSA) is 144 Å². The Morgan fingerprint density at radius 1 is 1.10 bits per heavy atom. The Morgan fingerprint density at radius 2 is 1.52 bits per heavy atom. The Bertz CT molecular complexity index is 560. The summed E-state index contributed by atoms with van der Waals surface area (Å²) in [4.78, 5) is 3.07. The molecule has 0 heterocycles. The Morgan fingerprint density at radius 3 is 2.00 bits per heavy atom. The Balaban J connectivity index is 0.000000715. The third kappa shape index (κ3) is 9.44. The van der Waals surface area contributed by atoms with Gasteiger partial charge in [0, 0.05) is 0 Å².